The number of hydrogen-bond donors (Lipinski definition) is 2. The molecule has 1 atom stereocenters. The van der Waals surface area contributed by atoms with Crippen LogP contribution in [0.25, 0.3) is 0 Å². The van der Waals surface area contributed by atoms with E-state index in [1.165, 1.54) is 19.0 Å². The molecule has 1 unspecified atom stereocenters. The van der Waals surface area contributed by atoms with Crippen LogP contribution >= 0.6 is 23.2 Å². The van der Waals surface area contributed by atoms with E-state index in [2.05, 4.69) is 27.1 Å². The summed E-state index contributed by atoms with van der Waals surface area (Å²) in [6.07, 6.45) is 3.92. The number of aliphatic imine (C=N–C) groups is 1. The minimum atomic E-state index is 0.359. The van der Waals surface area contributed by atoms with Gasteiger partial charge in [0.2, 0.25) is 5.88 Å². The molecule has 0 aromatic carbocycles. The van der Waals surface area contributed by atoms with Gasteiger partial charge in [0.15, 0.2) is 5.96 Å². The number of nitrogens with zero attached hydrogens (tertiary/aromatic N) is 3. The van der Waals surface area contributed by atoms with E-state index in [1.54, 1.807) is 6.07 Å². The number of rotatable bonds is 7. The van der Waals surface area contributed by atoms with Crippen molar-refractivity contribution in [3.05, 3.63) is 22.3 Å². The largest absolute Gasteiger partial charge is 0.475 e. The molecule has 6 nitrogen and oxygen atoms in total. The van der Waals surface area contributed by atoms with Crippen LogP contribution in [0.5, 0.6) is 5.88 Å². The van der Waals surface area contributed by atoms with Gasteiger partial charge in [0.25, 0.3) is 0 Å². The second-order valence-corrected chi connectivity index (χ2v) is 6.21. The van der Waals surface area contributed by atoms with Crippen molar-refractivity contribution in [1.29, 1.82) is 0 Å². The molecule has 8 heteroatoms. The first-order chi connectivity index (χ1) is 11.1. The zero-order chi connectivity index (χ0) is 16.7. The molecule has 128 valence electrons. The van der Waals surface area contributed by atoms with Crippen LogP contribution in [-0.2, 0) is 0 Å². The smallest absolute Gasteiger partial charge is 0.232 e. The third-order valence-corrected chi connectivity index (χ3v) is 4.28. The summed E-state index contributed by atoms with van der Waals surface area (Å²) in [6.45, 7) is 6.05. The molecule has 3 N–H and O–H groups in total. The van der Waals surface area contributed by atoms with Gasteiger partial charge in [0.1, 0.15) is 11.6 Å². The molecule has 0 spiro atoms. The maximum Gasteiger partial charge on any atom is 0.232 e. The maximum atomic E-state index is 5.98. The van der Waals surface area contributed by atoms with Crippen LogP contribution in [-0.4, -0.2) is 54.7 Å². The van der Waals surface area contributed by atoms with E-state index in [-0.39, 0.29) is 0 Å². The zero-order valence-corrected chi connectivity index (χ0v) is 14.8. The molecule has 0 radical (unpaired) electrons. The Morgan fingerprint density at radius 2 is 2.39 bits per heavy atom. The number of hydrogen-bond acceptors (Lipinski definition) is 4. The van der Waals surface area contributed by atoms with Crippen LogP contribution in [0.3, 0.4) is 0 Å². The number of likely N-dealkylation sites (tertiary alicyclic amines) is 1. The number of pyridine rings is 1. The molecule has 1 aromatic rings. The number of likely N-dealkylation sites (N-methyl/N-ethyl adjacent to an activating group) is 1. The molecular weight excluding hydrogens is 337 g/mol. The van der Waals surface area contributed by atoms with Gasteiger partial charge in [-0.25, -0.2) is 4.98 Å². The predicted octanol–water partition coefficient (Wildman–Crippen LogP) is 2.16. The van der Waals surface area contributed by atoms with E-state index in [1.807, 2.05) is 0 Å². The van der Waals surface area contributed by atoms with Gasteiger partial charge in [-0.2, -0.15) is 0 Å². The summed E-state index contributed by atoms with van der Waals surface area (Å²) < 4.78 is 5.47. The van der Waals surface area contributed by atoms with Crippen LogP contribution < -0.4 is 15.8 Å². The topological polar surface area (TPSA) is 75.8 Å². The second kappa shape index (κ2) is 9.15. The van der Waals surface area contributed by atoms with E-state index in [0.29, 0.717) is 41.1 Å². The van der Waals surface area contributed by atoms with Crippen LogP contribution in [0.15, 0.2) is 17.3 Å². The van der Waals surface area contributed by atoms with E-state index >= 15 is 0 Å². The molecule has 1 aliphatic heterocycles. The lowest BCUT2D eigenvalue weighted by molar-refractivity contribution is 0.273. The molecule has 0 aliphatic carbocycles. The molecule has 2 heterocycles. The Morgan fingerprint density at radius 1 is 1.57 bits per heavy atom. The summed E-state index contributed by atoms with van der Waals surface area (Å²) in [6, 6.07) is 2.10. The SMILES string of the molecule is CCN1CCCC1CN=C(N)NCCOc1ncc(Cl)cc1Cl. The van der Waals surface area contributed by atoms with Crippen molar-refractivity contribution in [3.63, 3.8) is 0 Å². The van der Waals surface area contributed by atoms with Gasteiger partial charge in [-0.15, -0.1) is 0 Å². The highest BCUT2D eigenvalue weighted by Crippen LogP contribution is 2.24. The number of guanidine groups is 1. The summed E-state index contributed by atoms with van der Waals surface area (Å²) in [4.78, 5) is 10.9. The van der Waals surface area contributed by atoms with Crippen LogP contribution in [0, 0.1) is 0 Å². The number of aromatic nitrogens is 1. The highest BCUT2D eigenvalue weighted by Gasteiger charge is 2.22. The molecule has 1 saturated heterocycles. The van der Waals surface area contributed by atoms with Crippen molar-refractivity contribution in [2.24, 2.45) is 10.7 Å². The summed E-state index contributed by atoms with van der Waals surface area (Å²) in [5.74, 6) is 0.796. The fraction of sp³-hybridized carbons (Fsp3) is 0.600. The van der Waals surface area contributed by atoms with Crippen molar-refractivity contribution >= 4 is 29.2 Å². The van der Waals surface area contributed by atoms with E-state index < -0.39 is 0 Å². The standard InChI is InChI=1S/C15H23Cl2N5O/c1-2-22-6-3-4-12(22)10-21-15(18)19-5-7-23-14-13(17)8-11(16)9-20-14/h8-9,12H,2-7,10H2,1H3,(H3,18,19,21). The fourth-order valence-corrected chi connectivity index (χ4v) is 3.05. The Hall–Kier alpha value is -1.24. The van der Waals surface area contributed by atoms with Crippen LogP contribution in [0.2, 0.25) is 10.0 Å². The van der Waals surface area contributed by atoms with Crippen molar-refractivity contribution in [3.8, 4) is 5.88 Å². The number of nitrogens with one attached hydrogen (secondary N) is 1. The number of ether oxygens (including phenoxy) is 1. The van der Waals surface area contributed by atoms with E-state index in [9.17, 15) is 0 Å². The van der Waals surface area contributed by atoms with Gasteiger partial charge >= 0.3 is 0 Å². The number of halogens is 2. The van der Waals surface area contributed by atoms with Crippen molar-refractivity contribution in [1.82, 2.24) is 15.2 Å². The minimum Gasteiger partial charge on any atom is -0.475 e. The quantitative estimate of drug-likeness (QED) is 0.443. The van der Waals surface area contributed by atoms with Crippen molar-refractivity contribution in [2.45, 2.75) is 25.8 Å². The van der Waals surface area contributed by atoms with Gasteiger partial charge in [-0.1, -0.05) is 30.1 Å². The Morgan fingerprint density at radius 3 is 3.13 bits per heavy atom. The summed E-state index contributed by atoms with van der Waals surface area (Å²) in [5, 5.41) is 3.89. The Labute approximate surface area is 147 Å². The lowest BCUT2D eigenvalue weighted by Gasteiger charge is -2.20. The monoisotopic (exact) mass is 359 g/mol. The average Bonchev–Trinajstić information content (AvgIpc) is 2.98. The van der Waals surface area contributed by atoms with E-state index in [4.69, 9.17) is 33.7 Å². The maximum absolute atomic E-state index is 5.98. The van der Waals surface area contributed by atoms with Gasteiger partial charge in [-0.05, 0) is 32.0 Å². The van der Waals surface area contributed by atoms with Gasteiger partial charge in [0, 0.05) is 12.2 Å². The first-order valence-electron chi connectivity index (χ1n) is 7.81. The van der Waals surface area contributed by atoms with Gasteiger partial charge in [-0.3, -0.25) is 9.89 Å². The third-order valence-electron chi connectivity index (χ3n) is 3.80. The lowest BCUT2D eigenvalue weighted by Crippen LogP contribution is -2.37. The number of nitrogens with two attached hydrogens (primary N) is 1. The highest BCUT2D eigenvalue weighted by molar-refractivity contribution is 6.35. The molecule has 1 aromatic heterocycles. The summed E-state index contributed by atoms with van der Waals surface area (Å²) in [7, 11) is 0. The summed E-state index contributed by atoms with van der Waals surface area (Å²) >= 11 is 11.8. The Balaban J connectivity index is 1.68. The Bertz CT molecular complexity index is 541. The minimum absolute atomic E-state index is 0.359. The van der Waals surface area contributed by atoms with Crippen LogP contribution in [0.1, 0.15) is 19.8 Å². The molecular formula is C15H23Cl2N5O. The van der Waals surface area contributed by atoms with Crippen molar-refractivity contribution in [2.75, 3.05) is 32.8 Å². The molecule has 0 bridgehead atoms. The third kappa shape index (κ3) is 5.71. The first-order valence-corrected chi connectivity index (χ1v) is 8.57. The highest BCUT2D eigenvalue weighted by atomic mass is 35.5. The molecule has 0 amide bonds. The molecule has 1 fully saturated rings. The fourth-order valence-electron chi connectivity index (χ4n) is 2.61. The van der Waals surface area contributed by atoms with Crippen LogP contribution in [0.4, 0.5) is 0 Å². The van der Waals surface area contributed by atoms with Gasteiger partial charge in [0.05, 0.1) is 18.1 Å². The zero-order valence-electron chi connectivity index (χ0n) is 13.3. The first kappa shape index (κ1) is 18.1. The average molecular weight is 360 g/mol. The van der Waals surface area contributed by atoms with Crippen molar-refractivity contribution < 1.29 is 4.74 Å². The Kier molecular flexibility index (Phi) is 7.20. The normalized spacial score (nSPS) is 19.1. The molecule has 23 heavy (non-hydrogen) atoms. The summed E-state index contributed by atoms with van der Waals surface area (Å²) in [5.41, 5.74) is 5.87. The molecule has 0 saturated carbocycles. The second-order valence-electron chi connectivity index (χ2n) is 5.37. The predicted molar refractivity (Wildman–Crippen MR) is 94.5 cm³/mol. The molecule has 2 rings (SSSR count). The van der Waals surface area contributed by atoms with E-state index in [0.717, 1.165) is 19.6 Å². The lowest BCUT2D eigenvalue weighted by atomic mass is 10.2. The van der Waals surface area contributed by atoms with Gasteiger partial charge < -0.3 is 15.8 Å². The molecule has 1 aliphatic rings.